The van der Waals surface area contributed by atoms with E-state index in [1.54, 1.807) is 12.1 Å². The molecule has 0 aliphatic carbocycles. The highest BCUT2D eigenvalue weighted by atomic mass is 35.5. The molecule has 4 nitrogen and oxygen atoms in total. The molecule has 0 bridgehead atoms. The van der Waals surface area contributed by atoms with Gasteiger partial charge in [0, 0.05) is 18.0 Å². The molecule has 6 heteroatoms. The molecule has 0 heterocycles. The molecule has 0 saturated heterocycles. The summed E-state index contributed by atoms with van der Waals surface area (Å²) in [5.41, 5.74) is 1.22. The van der Waals surface area contributed by atoms with Gasteiger partial charge in [0.25, 0.3) is 0 Å². The molecule has 1 amide bonds. The lowest BCUT2D eigenvalue weighted by Gasteiger charge is -2.12. The molecule has 2 aromatic rings. The van der Waals surface area contributed by atoms with E-state index < -0.39 is 9.84 Å². The van der Waals surface area contributed by atoms with Crippen molar-refractivity contribution >= 4 is 27.3 Å². The Kier molecular flexibility index (Phi) is 7.02. The van der Waals surface area contributed by atoms with Gasteiger partial charge in [-0.1, -0.05) is 54.9 Å². The van der Waals surface area contributed by atoms with Crippen molar-refractivity contribution in [3.63, 3.8) is 0 Å². The number of hydrogen-bond donors (Lipinski definition) is 1. The Hall–Kier alpha value is -1.85. The zero-order valence-corrected chi connectivity index (χ0v) is 15.7. The standard InChI is InChI=1S/C19H22ClNO3S/c1-15(16-6-3-2-4-7-16)10-12-21-19(22)11-13-25(23,24)18-9-5-8-17(20)14-18/h2-9,14-15H,10-13H2,1H3,(H,21,22). The van der Waals surface area contributed by atoms with E-state index in [1.807, 2.05) is 18.2 Å². The first kappa shape index (κ1) is 19.5. The van der Waals surface area contributed by atoms with Gasteiger partial charge in [0.15, 0.2) is 9.84 Å². The van der Waals surface area contributed by atoms with Crippen LogP contribution in [-0.2, 0) is 14.6 Å². The Bertz CT molecular complexity index is 806. The zero-order chi connectivity index (χ0) is 18.3. The van der Waals surface area contributed by atoms with E-state index >= 15 is 0 Å². The highest BCUT2D eigenvalue weighted by molar-refractivity contribution is 7.91. The van der Waals surface area contributed by atoms with E-state index in [1.165, 1.54) is 17.7 Å². The van der Waals surface area contributed by atoms with Crippen molar-refractivity contribution < 1.29 is 13.2 Å². The third-order valence-electron chi connectivity index (χ3n) is 4.02. The van der Waals surface area contributed by atoms with E-state index in [-0.39, 0.29) is 23.0 Å². The van der Waals surface area contributed by atoms with Crippen LogP contribution in [0.25, 0.3) is 0 Å². The number of sulfone groups is 1. The van der Waals surface area contributed by atoms with Crippen LogP contribution in [0, 0.1) is 0 Å². The second kappa shape index (κ2) is 9.02. The molecule has 2 rings (SSSR count). The summed E-state index contributed by atoms with van der Waals surface area (Å²) in [6.45, 7) is 2.62. The monoisotopic (exact) mass is 379 g/mol. The summed E-state index contributed by atoms with van der Waals surface area (Å²) in [5, 5.41) is 3.15. The lowest BCUT2D eigenvalue weighted by atomic mass is 9.98. The van der Waals surface area contributed by atoms with Gasteiger partial charge in [-0.3, -0.25) is 4.79 Å². The maximum absolute atomic E-state index is 12.2. The van der Waals surface area contributed by atoms with Gasteiger partial charge in [0.1, 0.15) is 0 Å². The zero-order valence-electron chi connectivity index (χ0n) is 14.1. The number of nitrogens with one attached hydrogen (secondary N) is 1. The predicted molar refractivity (Wildman–Crippen MR) is 101 cm³/mol. The normalized spacial score (nSPS) is 12.6. The first-order chi connectivity index (χ1) is 11.9. The SMILES string of the molecule is CC(CCNC(=O)CCS(=O)(=O)c1cccc(Cl)c1)c1ccccc1. The topological polar surface area (TPSA) is 63.2 Å². The summed E-state index contributed by atoms with van der Waals surface area (Å²) in [6.07, 6.45) is 0.741. The fourth-order valence-corrected chi connectivity index (χ4v) is 4.01. The molecular weight excluding hydrogens is 358 g/mol. The molecule has 25 heavy (non-hydrogen) atoms. The van der Waals surface area contributed by atoms with Gasteiger partial charge < -0.3 is 5.32 Å². The molecule has 0 spiro atoms. The van der Waals surface area contributed by atoms with Crippen molar-refractivity contribution in [1.29, 1.82) is 0 Å². The molecule has 0 aliphatic heterocycles. The average molecular weight is 380 g/mol. The number of carbonyl (C=O) groups excluding carboxylic acids is 1. The molecule has 1 N–H and O–H groups in total. The van der Waals surface area contributed by atoms with Crippen LogP contribution in [0.4, 0.5) is 0 Å². The van der Waals surface area contributed by atoms with Crippen LogP contribution < -0.4 is 5.32 Å². The lowest BCUT2D eigenvalue weighted by molar-refractivity contribution is -0.120. The fourth-order valence-electron chi connectivity index (χ4n) is 2.47. The molecule has 0 aliphatic rings. The third kappa shape index (κ3) is 6.18. The highest BCUT2D eigenvalue weighted by Crippen LogP contribution is 2.18. The van der Waals surface area contributed by atoms with Gasteiger partial charge in [-0.2, -0.15) is 0 Å². The van der Waals surface area contributed by atoms with Crippen LogP contribution in [0.3, 0.4) is 0 Å². The van der Waals surface area contributed by atoms with Crippen molar-refractivity contribution in [3.05, 3.63) is 65.2 Å². The highest BCUT2D eigenvalue weighted by Gasteiger charge is 2.16. The summed E-state index contributed by atoms with van der Waals surface area (Å²) in [4.78, 5) is 12.0. The molecule has 1 atom stereocenters. The largest absolute Gasteiger partial charge is 0.356 e. The minimum atomic E-state index is -3.51. The van der Waals surface area contributed by atoms with Crippen molar-refractivity contribution in [2.45, 2.75) is 30.6 Å². The first-order valence-corrected chi connectivity index (χ1v) is 10.2. The second-order valence-electron chi connectivity index (χ2n) is 5.98. The quantitative estimate of drug-likeness (QED) is 0.758. The lowest BCUT2D eigenvalue weighted by Crippen LogP contribution is -2.27. The average Bonchev–Trinajstić information content (AvgIpc) is 2.61. The molecular formula is C19H22ClNO3S. The van der Waals surface area contributed by atoms with Gasteiger partial charge >= 0.3 is 0 Å². The van der Waals surface area contributed by atoms with Crippen LogP contribution in [0.1, 0.15) is 31.2 Å². The Labute approximate surface area is 154 Å². The summed E-state index contributed by atoms with van der Waals surface area (Å²) in [7, 11) is -3.51. The molecule has 2 aromatic carbocycles. The van der Waals surface area contributed by atoms with Gasteiger partial charge in [-0.25, -0.2) is 8.42 Å². The third-order valence-corrected chi connectivity index (χ3v) is 5.97. The molecule has 0 saturated carbocycles. The fraction of sp³-hybridized carbons (Fsp3) is 0.316. The van der Waals surface area contributed by atoms with E-state index in [9.17, 15) is 13.2 Å². The van der Waals surface area contributed by atoms with E-state index in [4.69, 9.17) is 11.6 Å². The Morgan fingerprint density at radius 2 is 1.84 bits per heavy atom. The molecule has 0 radical (unpaired) electrons. The van der Waals surface area contributed by atoms with E-state index in [0.717, 1.165) is 6.42 Å². The number of benzene rings is 2. The molecule has 1 unspecified atom stereocenters. The maximum atomic E-state index is 12.2. The second-order valence-corrected chi connectivity index (χ2v) is 8.52. The van der Waals surface area contributed by atoms with Gasteiger partial charge in [-0.05, 0) is 36.1 Å². The minimum Gasteiger partial charge on any atom is -0.356 e. The Morgan fingerprint density at radius 3 is 2.52 bits per heavy atom. The van der Waals surface area contributed by atoms with Crippen molar-refractivity contribution in [2.24, 2.45) is 0 Å². The van der Waals surface area contributed by atoms with E-state index in [0.29, 0.717) is 17.5 Å². The van der Waals surface area contributed by atoms with Gasteiger partial charge in [-0.15, -0.1) is 0 Å². The number of amides is 1. The smallest absolute Gasteiger partial charge is 0.221 e. The first-order valence-electron chi connectivity index (χ1n) is 8.18. The number of carbonyl (C=O) groups is 1. The summed E-state index contributed by atoms with van der Waals surface area (Å²) < 4.78 is 24.4. The summed E-state index contributed by atoms with van der Waals surface area (Å²) >= 11 is 5.82. The maximum Gasteiger partial charge on any atom is 0.221 e. The Morgan fingerprint density at radius 1 is 1.12 bits per heavy atom. The predicted octanol–water partition coefficient (Wildman–Crippen LogP) is 3.81. The molecule has 134 valence electrons. The van der Waals surface area contributed by atoms with Gasteiger partial charge in [0.05, 0.1) is 10.6 Å². The van der Waals surface area contributed by atoms with Crippen LogP contribution in [0.15, 0.2) is 59.5 Å². The minimum absolute atomic E-state index is 0.0609. The number of hydrogen-bond acceptors (Lipinski definition) is 3. The van der Waals surface area contributed by atoms with Crippen molar-refractivity contribution in [2.75, 3.05) is 12.3 Å². The Balaban J connectivity index is 1.77. The van der Waals surface area contributed by atoms with Crippen LogP contribution in [0.2, 0.25) is 5.02 Å². The van der Waals surface area contributed by atoms with Crippen molar-refractivity contribution in [3.8, 4) is 0 Å². The summed E-state index contributed by atoms with van der Waals surface area (Å²) in [6, 6.07) is 16.2. The number of rotatable bonds is 8. The molecule has 0 fully saturated rings. The number of halogens is 1. The van der Waals surface area contributed by atoms with Gasteiger partial charge in [0.2, 0.25) is 5.91 Å². The molecule has 0 aromatic heterocycles. The van der Waals surface area contributed by atoms with Crippen molar-refractivity contribution in [1.82, 2.24) is 5.32 Å². The van der Waals surface area contributed by atoms with Crippen LogP contribution in [0.5, 0.6) is 0 Å². The van der Waals surface area contributed by atoms with E-state index in [2.05, 4.69) is 24.4 Å². The van der Waals surface area contributed by atoms with Crippen LogP contribution >= 0.6 is 11.6 Å². The summed E-state index contributed by atoms with van der Waals surface area (Å²) in [5.74, 6) is -0.157. The van der Waals surface area contributed by atoms with Crippen LogP contribution in [-0.4, -0.2) is 26.6 Å².